The molecule has 0 bridgehead atoms. The minimum Gasteiger partial charge on any atom is -0.463 e. The van der Waals surface area contributed by atoms with E-state index in [0.717, 1.165) is 25.9 Å². The third-order valence-corrected chi connectivity index (χ3v) is 2.27. The third kappa shape index (κ3) is 9.47. The Morgan fingerprint density at radius 3 is 2.67 bits per heavy atom. The summed E-state index contributed by atoms with van der Waals surface area (Å²) in [4.78, 5) is 13.2. The Kier molecular flexibility index (Phi) is 9.18. The number of hydrogen-bond acceptors (Lipinski definition) is 3. The summed E-state index contributed by atoms with van der Waals surface area (Å²) in [5.74, 6) is -0.233. The molecule has 0 saturated heterocycles. The summed E-state index contributed by atoms with van der Waals surface area (Å²) in [5.41, 5.74) is 0. The van der Waals surface area contributed by atoms with E-state index in [4.69, 9.17) is 4.74 Å². The molecular formula is C12H23NO2. The summed E-state index contributed by atoms with van der Waals surface area (Å²) < 4.78 is 4.98. The first kappa shape index (κ1) is 14.2. The van der Waals surface area contributed by atoms with Gasteiger partial charge in [0.2, 0.25) is 0 Å². The number of esters is 1. The number of unbranched alkanes of at least 4 members (excludes halogenated alkanes) is 2. The highest BCUT2D eigenvalue weighted by molar-refractivity contribution is 5.81. The van der Waals surface area contributed by atoms with Gasteiger partial charge in [-0.1, -0.05) is 13.0 Å². The monoisotopic (exact) mass is 213 g/mol. The van der Waals surface area contributed by atoms with E-state index < -0.39 is 0 Å². The summed E-state index contributed by atoms with van der Waals surface area (Å²) in [6.45, 7) is 6.72. The molecule has 0 aromatic heterocycles. The largest absolute Gasteiger partial charge is 0.463 e. The van der Waals surface area contributed by atoms with Crippen molar-refractivity contribution in [1.82, 2.24) is 4.90 Å². The fourth-order valence-corrected chi connectivity index (χ4v) is 1.18. The molecule has 0 fully saturated rings. The van der Waals surface area contributed by atoms with E-state index in [1.807, 2.05) is 6.92 Å². The smallest absolute Gasteiger partial charge is 0.330 e. The van der Waals surface area contributed by atoms with Crippen molar-refractivity contribution in [3.05, 3.63) is 12.2 Å². The minimum atomic E-state index is -0.233. The number of nitrogens with zero attached hydrogens (tertiary/aromatic N) is 1. The molecule has 0 aromatic carbocycles. The number of carbonyl (C=O) groups excluding carboxylic acids is 1. The van der Waals surface area contributed by atoms with Crippen molar-refractivity contribution in [1.29, 1.82) is 0 Å². The lowest BCUT2D eigenvalue weighted by Gasteiger charge is -2.12. The highest BCUT2D eigenvalue weighted by Gasteiger charge is 1.97. The van der Waals surface area contributed by atoms with Crippen LogP contribution in [0, 0.1) is 0 Å². The van der Waals surface area contributed by atoms with Crippen LogP contribution in [0.3, 0.4) is 0 Å². The molecule has 0 atom stereocenters. The van der Waals surface area contributed by atoms with Crippen molar-refractivity contribution < 1.29 is 9.53 Å². The molecule has 88 valence electrons. The molecule has 0 radical (unpaired) electrons. The van der Waals surface area contributed by atoms with Gasteiger partial charge < -0.3 is 9.64 Å². The Balaban J connectivity index is 3.21. The molecule has 0 amide bonds. The van der Waals surface area contributed by atoms with Crippen molar-refractivity contribution in [2.45, 2.75) is 33.1 Å². The fourth-order valence-electron chi connectivity index (χ4n) is 1.18. The van der Waals surface area contributed by atoms with Gasteiger partial charge in [0.15, 0.2) is 0 Å². The molecule has 0 saturated carbocycles. The zero-order valence-corrected chi connectivity index (χ0v) is 10.2. The van der Waals surface area contributed by atoms with E-state index in [-0.39, 0.29) is 5.97 Å². The molecule has 3 heteroatoms. The first-order valence-electron chi connectivity index (χ1n) is 5.68. The van der Waals surface area contributed by atoms with Crippen molar-refractivity contribution >= 4 is 5.97 Å². The highest BCUT2D eigenvalue weighted by atomic mass is 16.5. The zero-order chi connectivity index (χ0) is 11.5. The van der Waals surface area contributed by atoms with E-state index in [9.17, 15) is 4.79 Å². The molecule has 0 aliphatic rings. The maximum Gasteiger partial charge on any atom is 0.330 e. The van der Waals surface area contributed by atoms with E-state index in [2.05, 4.69) is 18.9 Å². The van der Waals surface area contributed by atoms with Crippen LogP contribution in [-0.4, -0.2) is 37.6 Å². The summed E-state index contributed by atoms with van der Waals surface area (Å²) in [6.07, 6.45) is 6.39. The molecule has 0 aromatic rings. The number of rotatable bonds is 8. The Bertz CT molecular complexity index is 190. The van der Waals surface area contributed by atoms with Crippen molar-refractivity contribution in [2.75, 3.05) is 26.7 Å². The zero-order valence-electron chi connectivity index (χ0n) is 10.2. The average Bonchev–Trinajstić information content (AvgIpc) is 2.23. The minimum absolute atomic E-state index is 0.233. The molecular weight excluding hydrogens is 190 g/mol. The second-order valence-corrected chi connectivity index (χ2v) is 3.62. The van der Waals surface area contributed by atoms with Crippen LogP contribution in [0.15, 0.2) is 12.2 Å². The van der Waals surface area contributed by atoms with Crippen LogP contribution < -0.4 is 0 Å². The molecule has 0 unspecified atom stereocenters. The Morgan fingerprint density at radius 2 is 2.07 bits per heavy atom. The second-order valence-electron chi connectivity index (χ2n) is 3.62. The standard InChI is InChI=1S/C12H23NO2/c1-4-9-12(14)15-11-8-6-7-10-13(3)5-2/h4,9H,5-8,10-11H2,1-3H3. The number of carbonyl (C=O) groups is 1. The Labute approximate surface area is 93.1 Å². The van der Waals surface area contributed by atoms with Gasteiger partial charge in [-0.05, 0) is 46.3 Å². The van der Waals surface area contributed by atoms with Crippen LogP contribution in [-0.2, 0) is 9.53 Å². The van der Waals surface area contributed by atoms with E-state index in [0.29, 0.717) is 6.61 Å². The van der Waals surface area contributed by atoms with Gasteiger partial charge in [-0.3, -0.25) is 0 Å². The topological polar surface area (TPSA) is 29.5 Å². The van der Waals surface area contributed by atoms with Gasteiger partial charge in [-0.25, -0.2) is 4.79 Å². The van der Waals surface area contributed by atoms with Crippen LogP contribution in [0.25, 0.3) is 0 Å². The SMILES string of the molecule is CC=CC(=O)OCCCCCN(C)CC. The van der Waals surface area contributed by atoms with Gasteiger partial charge in [0, 0.05) is 6.08 Å². The van der Waals surface area contributed by atoms with Gasteiger partial charge in [0.05, 0.1) is 6.61 Å². The van der Waals surface area contributed by atoms with Crippen molar-refractivity contribution in [2.24, 2.45) is 0 Å². The van der Waals surface area contributed by atoms with Gasteiger partial charge in [-0.2, -0.15) is 0 Å². The number of allylic oxidation sites excluding steroid dienone is 1. The normalized spacial score (nSPS) is 11.2. The molecule has 3 nitrogen and oxygen atoms in total. The lowest BCUT2D eigenvalue weighted by Crippen LogP contribution is -2.18. The molecule has 0 aliphatic carbocycles. The molecule has 0 N–H and O–H groups in total. The molecule has 0 rings (SSSR count). The summed E-state index contributed by atoms with van der Waals surface area (Å²) >= 11 is 0. The Morgan fingerprint density at radius 1 is 1.33 bits per heavy atom. The maximum absolute atomic E-state index is 10.9. The summed E-state index contributed by atoms with van der Waals surface area (Å²) in [6, 6.07) is 0. The predicted molar refractivity (Wildman–Crippen MR) is 62.8 cm³/mol. The maximum atomic E-state index is 10.9. The fraction of sp³-hybridized carbons (Fsp3) is 0.750. The second kappa shape index (κ2) is 9.71. The van der Waals surface area contributed by atoms with E-state index in [1.54, 1.807) is 6.08 Å². The first-order chi connectivity index (χ1) is 7.20. The van der Waals surface area contributed by atoms with Crippen molar-refractivity contribution in [3.63, 3.8) is 0 Å². The Hall–Kier alpha value is -0.830. The van der Waals surface area contributed by atoms with E-state index in [1.165, 1.54) is 12.5 Å². The number of hydrogen-bond donors (Lipinski definition) is 0. The molecule has 0 spiro atoms. The van der Waals surface area contributed by atoms with Gasteiger partial charge in [0.1, 0.15) is 0 Å². The average molecular weight is 213 g/mol. The van der Waals surface area contributed by atoms with Gasteiger partial charge >= 0.3 is 5.97 Å². The predicted octanol–water partition coefficient (Wildman–Crippen LogP) is 2.23. The first-order valence-corrected chi connectivity index (χ1v) is 5.68. The van der Waals surface area contributed by atoms with Crippen LogP contribution >= 0.6 is 0 Å². The van der Waals surface area contributed by atoms with Crippen LogP contribution in [0.2, 0.25) is 0 Å². The molecule has 15 heavy (non-hydrogen) atoms. The highest BCUT2D eigenvalue weighted by Crippen LogP contribution is 1.98. The lowest BCUT2D eigenvalue weighted by atomic mass is 10.2. The van der Waals surface area contributed by atoms with Crippen molar-refractivity contribution in [3.8, 4) is 0 Å². The van der Waals surface area contributed by atoms with E-state index >= 15 is 0 Å². The van der Waals surface area contributed by atoms with Crippen LogP contribution in [0.5, 0.6) is 0 Å². The van der Waals surface area contributed by atoms with Crippen LogP contribution in [0.4, 0.5) is 0 Å². The van der Waals surface area contributed by atoms with Crippen LogP contribution in [0.1, 0.15) is 33.1 Å². The third-order valence-electron chi connectivity index (χ3n) is 2.27. The number of ether oxygens (including phenoxy) is 1. The summed E-state index contributed by atoms with van der Waals surface area (Å²) in [7, 11) is 2.12. The van der Waals surface area contributed by atoms with Gasteiger partial charge in [0.25, 0.3) is 0 Å². The lowest BCUT2D eigenvalue weighted by molar-refractivity contribution is -0.137. The quantitative estimate of drug-likeness (QED) is 0.352. The molecule has 0 heterocycles. The summed E-state index contributed by atoms with van der Waals surface area (Å²) in [5, 5.41) is 0. The van der Waals surface area contributed by atoms with Gasteiger partial charge in [-0.15, -0.1) is 0 Å². The molecule has 0 aliphatic heterocycles.